The summed E-state index contributed by atoms with van der Waals surface area (Å²) >= 11 is 14.7. The number of amides is 1. The van der Waals surface area contributed by atoms with Crippen LogP contribution < -0.4 is 5.32 Å². The van der Waals surface area contributed by atoms with Gasteiger partial charge in [0.2, 0.25) is 0 Å². The number of hydrogen-bond donors (Lipinski definition) is 2. The van der Waals surface area contributed by atoms with Crippen molar-refractivity contribution in [2.75, 3.05) is 5.32 Å². The first kappa shape index (κ1) is 19.0. The van der Waals surface area contributed by atoms with Gasteiger partial charge in [0.25, 0.3) is 5.91 Å². The summed E-state index contributed by atoms with van der Waals surface area (Å²) in [5, 5.41) is 16.2. The van der Waals surface area contributed by atoms with Crippen LogP contribution in [-0.2, 0) is 0 Å². The fourth-order valence-electron chi connectivity index (χ4n) is 2.83. The second-order valence-electron chi connectivity index (χ2n) is 5.89. The van der Waals surface area contributed by atoms with Gasteiger partial charge in [-0.15, -0.1) is 22.7 Å². The van der Waals surface area contributed by atoms with Crippen LogP contribution in [-0.4, -0.2) is 17.0 Å². The summed E-state index contributed by atoms with van der Waals surface area (Å²) in [4.78, 5) is 25.1. The molecular weight excluding hydrogens is 437 g/mol. The molecule has 2 aromatic carbocycles. The van der Waals surface area contributed by atoms with Gasteiger partial charge in [-0.25, -0.2) is 4.79 Å². The summed E-state index contributed by atoms with van der Waals surface area (Å²) in [5.74, 6) is -1.49. The zero-order valence-corrected chi connectivity index (χ0v) is 17.2. The average Bonchev–Trinajstić information content (AvgIpc) is 3.26. The van der Waals surface area contributed by atoms with Crippen molar-refractivity contribution in [2.45, 2.75) is 0 Å². The molecule has 0 radical (unpaired) electrons. The number of halogens is 2. The Bertz CT molecular complexity index is 1200. The fraction of sp³-hybridized carbons (Fsp3) is 0. The van der Waals surface area contributed by atoms with Crippen molar-refractivity contribution in [3.8, 4) is 11.1 Å². The highest BCUT2D eigenvalue weighted by Crippen LogP contribution is 2.40. The van der Waals surface area contributed by atoms with E-state index in [4.69, 9.17) is 23.2 Å². The fourth-order valence-corrected chi connectivity index (χ4v) is 5.24. The molecule has 140 valence electrons. The highest BCUT2D eigenvalue weighted by atomic mass is 35.5. The molecule has 0 bridgehead atoms. The topological polar surface area (TPSA) is 66.4 Å². The Hall–Kier alpha value is -2.38. The Morgan fingerprint density at radius 1 is 1.00 bits per heavy atom. The number of hydrogen-bond acceptors (Lipinski definition) is 4. The number of carbonyl (C=O) groups excluding carboxylic acids is 1. The second-order valence-corrected chi connectivity index (χ2v) is 8.69. The SMILES string of the molecule is O=C(Nc1scc(-c2ccc(Cl)cc2Cl)c1C(=O)O)c1cc2ccccc2s1. The van der Waals surface area contributed by atoms with E-state index in [1.165, 1.54) is 11.3 Å². The van der Waals surface area contributed by atoms with Crippen molar-refractivity contribution < 1.29 is 14.7 Å². The minimum Gasteiger partial charge on any atom is -0.478 e. The van der Waals surface area contributed by atoms with Gasteiger partial charge in [0.15, 0.2) is 0 Å². The zero-order chi connectivity index (χ0) is 19.8. The molecule has 0 aliphatic heterocycles. The Balaban J connectivity index is 1.71. The molecule has 0 fully saturated rings. The first-order valence-electron chi connectivity index (χ1n) is 8.04. The van der Waals surface area contributed by atoms with Gasteiger partial charge in [-0.05, 0) is 29.7 Å². The van der Waals surface area contributed by atoms with Crippen molar-refractivity contribution in [3.63, 3.8) is 0 Å². The van der Waals surface area contributed by atoms with Crippen molar-refractivity contribution in [3.05, 3.63) is 74.4 Å². The molecule has 0 unspecified atom stereocenters. The van der Waals surface area contributed by atoms with E-state index in [2.05, 4.69) is 5.32 Å². The van der Waals surface area contributed by atoms with E-state index in [0.717, 1.165) is 21.4 Å². The second kappa shape index (κ2) is 7.56. The van der Waals surface area contributed by atoms with E-state index in [0.29, 0.717) is 26.0 Å². The number of fused-ring (bicyclic) bond motifs is 1. The van der Waals surface area contributed by atoms with Crippen LogP contribution in [0.15, 0.2) is 53.9 Å². The zero-order valence-electron chi connectivity index (χ0n) is 14.0. The lowest BCUT2D eigenvalue weighted by atomic mass is 10.0. The molecule has 0 aliphatic carbocycles. The maximum Gasteiger partial charge on any atom is 0.339 e. The Morgan fingerprint density at radius 3 is 2.50 bits per heavy atom. The molecule has 0 saturated carbocycles. The number of benzene rings is 2. The van der Waals surface area contributed by atoms with Gasteiger partial charge in [-0.3, -0.25) is 4.79 Å². The van der Waals surface area contributed by atoms with E-state index >= 15 is 0 Å². The molecule has 2 N–H and O–H groups in total. The van der Waals surface area contributed by atoms with Crippen molar-refractivity contribution in [1.82, 2.24) is 0 Å². The third-order valence-corrected chi connectivity index (χ3v) is 6.66. The summed E-state index contributed by atoms with van der Waals surface area (Å²) in [6.07, 6.45) is 0. The van der Waals surface area contributed by atoms with Gasteiger partial charge >= 0.3 is 5.97 Å². The molecule has 0 spiro atoms. The lowest BCUT2D eigenvalue weighted by Gasteiger charge is -2.07. The van der Waals surface area contributed by atoms with Gasteiger partial charge in [-0.2, -0.15) is 0 Å². The minimum atomic E-state index is -1.14. The number of nitrogens with one attached hydrogen (secondary N) is 1. The summed E-state index contributed by atoms with van der Waals surface area (Å²) in [6, 6.07) is 14.3. The number of carboxylic acids is 1. The number of thiophene rings is 2. The molecule has 8 heteroatoms. The summed E-state index contributed by atoms with van der Waals surface area (Å²) in [7, 11) is 0. The van der Waals surface area contributed by atoms with Gasteiger partial charge in [0.1, 0.15) is 10.6 Å². The first-order valence-corrected chi connectivity index (χ1v) is 10.5. The maximum atomic E-state index is 12.7. The van der Waals surface area contributed by atoms with Crippen LogP contribution in [0.4, 0.5) is 5.00 Å². The summed E-state index contributed by atoms with van der Waals surface area (Å²) < 4.78 is 0.992. The van der Waals surface area contributed by atoms with Crippen molar-refractivity contribution in [2.24, 2.45) is 0 Å². The van der Waals surface area contributed by atoms with Crippen LogP contribution >= 0.6 is 45.9 Å². The molecule has 4 aromatic rings. The van der Waals surface area contributed by atoms with Crippen LogP contribution in [0.2, 0.25) is 10.0 Å². The number of rotatable bonds is 4. The molecule has 0 saturated heterocycles. The third kappa shape index (κ3) is 3.52. The monoisotopic (exact) mass is 447 g/mol. The van der Waals surface area contributed by atoms with E-state index < -0.39 is 5.97 Å². The molecule has 4 rings (SSSR count). The van der Waals surface area contributed by atoms with Gasteiger partial charge in [-0.1, -0.05) is 47.5 Å². The summed E-state index contributed by atoms with van der Waals surface area (Å²) in [5.41, 5.74) is 0.983. The van der Waals surface area contributed by atoms with Gasteiger partial charge < -0.3 is 10.4 Å². The molecule has 2 aromatic heterocycles. The van der Waals surface area contributed by atoms with Gasteiger partial charge in [0, 0.05) is 31.3 Å². The number of carbonyl (C=O) groups is 2. The van der Waals surface area contributed by atoms with E-state index in [9.17, 15) is 14.7 Å². The van der Waals surface area contributed by atoms with Crippen LogP contribution in [0.1, 0.15) is 20.0 Å². The third-order valence-electron chi connectivity index (χ3n) is 4.10. The van der Waals surface area contributed by atoms with E-state index in [-0.39, 0.29) is 16.5 Å². The number of carboxylic acid groups (broad SMARTS) is 1. The molecule has 2 heterocycles. The van der Waals surface area contributed by atoms with E-state index in [1.807, 2.05) is 24.3 Å². The minimum absolute atomic E-state index is 0.00341. The molecule has 0 aliphatic rings. The lowest BCUT2D eigenvalue weighted by Crippen LogP contribution is -2.12. The lowest BCUT2D eigenvalue weighted by molar-refractivity contribution is 0.0699. The van der Waals surface area contributed by atoms with Crippen LogP contribution in [0.5, 0.6) is 0 Å². The highest BCUT2D eigenvalue weighted by Gasteiger charge is 2.23. The normalized spacial score (nSPS) is 10.9. The first-order chi connectivity index (χ1) is 13.4. The molecule has 4 nitrogen and oxygen atoms in total. The van der Waals surface area contributed by atoms with Crippen LogP contribution in [0.25, 0.3) is 21.2 Å². The average molecular weight is 448 g/mol. The smallest absolute Gasteiger partial charge is 0.339 e. The highest BCUT2D eigenvalue weighted by molar-refractivity contribution is 7.21. The van der Waals surface area contributed by atoms with Crippen LogP contribution in [0.3, 0.4) is 0 Å². The largest absolute Gasteiger partial charge is 0.478 e. The molecule has 28 heavy (non-hydrogen) atoms. The quantitative estimate of drug-likeness (QED) is 0.357. The predicted molar refractivity (Wildman–Crippen MR) is 117 cm³/mol. The van der Waals surface area contributed by atoms with Crippen molar-refractivity contribution in [1.29, 1.82) is 0 Å². The van der Waals surface area contributed by atoms with Crippen molar-refractivity contribution >= 4 is 72.8 Å². The van der Waals surface area contributed by atoms with E-state index in [1.54, 1.807) is 29.6 Å². The van der Waals surface area contributed by atoms with Crippen LogP contribution in [0, 0.1) is 0 Å². The standard InChI is InChI=1S/C20H11Cl2NO3S2/c21-11-5-6-12(14(22)8-11)13-9-27-19(17(13)20(25)26)23-18(24)16-7-10-3-1-2-4-15(10)28-16/h1-9H,(H,23,24)(H,25,26). The van der Waals surface area contributed by atoms with Gasteiger partial charge in [0.05, 0.1) is 4.88 Å². The maximum absolute atomic E-state index is 12.7. The Labute approximate surface area is 178 Å². The predicted octanol–water partition coefficient (Wildman–Crippen LogP) is 6.89. The summed E-state index contributed by atoms with van der Waals surface area (Å²) in [6.45, 7) is 0. The number of aromatic carboxylic acids is 1. The molecular formula is C20H11Cl2NO3S2. The Morgan fingerprint density at radius 2 is 1.79 bits per heavy atom. The number of anilines is 1. The molecule has 0 atom stereocenters. The molecule has 1 amide bonds. The Kier molecular flexibility index (Phi) is 5.12.